The van der Waals surface area contributed by atoms with Gasteiger partial charge in [-0.25, -0.2) is 0 Å². The van der Waals surface area contributed by atoms with Crippen LogP contribution in [-0.2, 0) is 0 Å². The highest BCUT2D eigenvalue weighted by Gasteiger charge is 2.20. The molecule has 39 heavy (non-hydrogen) atoms. The normalized spacial score (nSPS) is 11.6. The van der Waals surface area contributed by atoms with Crippen molar-refractivity contribution in [2.75, 3.05) is 4.90 Å². The van der Waals surface area contributed by atoms with Crippen LogP contribution in [0.4, 0.5) is 17.1 Å². The molecule has 8 rings (SSSR count). The van der Waals surface area contributed by atoms with Gasteiger partial charge >= 0.3 is 0 Å². The Labute approximate surface area is 230 Å². The predicted molar refractivity (Wildman–Crippen MR) is 167 cm³/mol. The van der Waals surface area contributed by atoms with Gasteiger partial charge in [-0.1, -0.05) is 84.9 Å². The van der Waals surface area contributed by atoms with Crippen LogP contribution in [-0.4, -0.2) is 0 Å². The van der Waals surface area contributed by atoms with Crippen LogP contribution < -0.4 is 4.90 Å². The molecule has 6 aromatic carbocycles. The van der Waals surface area contributed by atoms with Gasteiger partial charge < -0.3 is 9.32 Å². The summed E-state index contributed by atoms with van der Waals surface area (Å²) in [5.74, 6) is 0. The van der Waals surface area contributed by atoms with Crippen molar-refractivity contribution >= 4 is 70.5 Å². The molecule has 0 atom stereocenters. The Morgan fingerprint density at radius 3 is 2.10 bits per heavy atom. The number of para-hydroxylation sites is 2. The molecule has 0 aliphatic rings. The van der Waals surface area contributed by atoms with Crippen LogP contribution >= 0.6 is 11.3 Å². The van der Waals surface area contributed by atoms with Crippen LogP contribution in [0, 0.1) is 0 Å². The largest absolute Gasteiger partial charge is 0.456 e. The van der Waals surface area contributed by atoms with Gasteiger partial charge in [-0.2, -0.15) is 0 Å². The molecule has 0 spiro atoms. The third-order valence-electron chi connectivity index (χ3n) is 7.45. The summed E-state index contributed by atoms with van der Waals surface area (Å²) in [6.07, 6.45) is 0. The highest BCUT2D eigenvalue weighted by molar-refractivity contribution is 7.25. The first-order valence-electron chi connectivity index (χ1n) is 13.1. The van der Waals surface area contributed by atoms with Gasteiger partial charge in [0.05, 0.1) is 11.1 Å². The molecule has 0 saturated carbocycles. The first-order valence-corrected chi connectivity index (χ1v) is 13.9. The molecule has 0 unspecified atom stereocenters. The van der Waals surface area contributed by atoms with Crippen molar-refractivity contribution in [3.63, 3.8) is 0 Å². The summed E-state index contributed by atoms with van der Waals surface area (Å²) in [5.41, 5.74) is 7.55. The Hall–Kier alpha value is -4.86. The lowest BCUT2D eigenvalue weighted by molar-refractivity contribution is 0.669. The van der Waals surface area contributed by atoms with Gasteiger partial charge in [0.15, 0.2) is 0 Å². The topological polar surface area (TPSA) is 16.4 Å². The summed E-state index contributed by atoms with van der Waals surface area (Å²) >= 11 is 1.86. The summed E-state index contributed by atoms with van der Waals surface area (Å²) in [4.78, 5) is 2.35. The van der Waals surface area contributed by atoms with Crippen molar-refractivity contribution in [1.29, 1.82) is 0 Å². The Morgan fingerprint density at radius 1 is 0.487 bits per heavy atom. The number of fused-ring (bicyclic) bond motifs is 6. The van der Waals surface area contributed by atoms with Crippen LogP contribution in [0.15, 0.2) is 144 Å². The molecule has 2 nitrogen and oxygen atoms in total. The number of benzene rings is 6. The molecule has 0 bridgehead atoms. The zero-order chi connectivity index (χ0) is 25.8. The van der Waals surface area contributed by atoms with Gasteiger partial charge in [-0.15, -0.1) is 11.3 Å². The van der Waals surface area contributed by atoms with E-state index in [2.05, 4.69) is 132 Å². The third-order valence-corrected chi connectivity index (χ3v) is 8.59. The van der Waals surface area contributed by atoms with Crippen molar-refractivity contribution in [1.82, 2.24) is 0 Å². The number of hydrogen-bond donors (Lipinski definition) is 0. The van der Waals surface area contributed by atoms with E-state index in [1.807, 2.05) is 23.5 Å². The van der Waals surface area contributed by atoms with Gasteiger partial charge in [-0.05, 0) is 65.7 Å². The van der Waals surface area contributed by atoms with Crippen molar-refractivity contribution < 1.29 is 4.42 Å². The van der Waals surface area contributed by atoms with Crippen molar-refractivity contribution in [2.24, 2.45) is 0 Å². The van der Waals surface area contributed by atoms with E-state index in [4.69, 9.17) is 4.42 Å². The van der Waals surface area contributed by atoms with Gasteiger partial charge in [0, 0.05) is 36.9 Å². The molecule has 0 N–H and O–H groups in total. The highest BCUT2D eigenvalue weighted by atomic mass is 32.1. The minimum atomic E-state index is 0.889. The third kappa shape index (κ3) is 3.55. The maximum absolute atomic E-state index is 6.26. The highest BCUT2D eigenvalue weighted by Crippen LogP contribution is 2.45. The summed E-state index contributed by atoms with van der Waals surface area (Å²) in [7, 11) is 0. The van der Waals surface area contributed by atoms with Gasteiger partial charge in [0.1, 0.15) is 11.2 Å². The molecule has 0 saturated heterocycles. The average molecular weight is 518 g/mol. The molecule has 8 aromatic rings. The lowest BCUT2D eigenvalue weighted by Crippen LogP contribution is -2.10. The smallest absolute Gasteiger partial charge is 0.137 e. The van der Waals surface area contributed by atoms with E-state index in [-0.39, 0.29) is 0 Å². The molecule has 3 heteroatoms. The molecule has 0 aliphatic heterocycles. The lowest BCUT2D eigenvalue weighted by Gasteiger charge is -2.26. The van der Waals surface area contributed by atoms with E-state index in [9.17, 15) is 0 Å². The quantitative estimate of drug-likeness (QED) is 0.231. The fraction of sp³-hybridized carbons (Fsp3) is 0. The van der Waals surface area contributed by atoms with Crippen LogP contribution in [0.25, 0.3) is 53.2 Å². The number of furan rings is 1. The van der Waals surface area contributed by atoms with Crippen molar-refractivity contribution in [3.05, 3.63) is 140 Å². The molecule has 0 radical (unpaired) electrons. The van der Waals surface area contributed by atoms with Gasteiger partial charge in [0.2, 0.25) is 0 Å². The second-order valence-corrected chi connectivity index (χ2v) is 10.8. The molecule has 0 fully saturated rings. The Kier molecular flexibility index (Phi) is 5.04. The second-order valence-electron chi connectivity index (χ2n) is 9.75. The van der Waals surface area contributed by atoms with Crippen LogP contribution in [0.2, 0.25) is 0 Å². The molecule has 0 aliphatic carbocycles. The van der Waals surface area contributed by atoms with E-state index < -0.39 is 0 Å². The molecular weight excluding hydrogens is 494 g/mol. The van der Waals surface area contributed by atoms with Crippen LogP contribution in [0.1, 0.15) is 0 Å². The van der Waals surface area contributed by atoms with E-state index in [0.29, 0.717) is 0 Å². The number of rotatable bonds is 4. The van der Waals surface area contributed by atoms with E-state index >= 15 is 0 Å². The average Bonchev–Trinajstić information content (AvgIpc) is 3.57. The molecule has 2 heterocycles. The predicted octanol–water partition coefficient (Wildman–Crippen LogP) is 11.1. The molecule has 2 aromatic heterocycles. The lowest BCUT2D eigenvalue weighted by atomic mass is 9.98. The first-order chi connectivity index (χ1) is 19.3. The first kappa shape index (κ1) is 22.2. The molecular formula is C36H23NOS. The van der Waals surface area contributed by atoms with E-state index in [1.54, 1.807) is 0 Å². The fourth-order valence-electron chi connectivity index (χ4n) is 5.77. The van der Waals surface area contributed by atoms with Gasteiger partial charge in [-0.3, -0.25) is 0 Å². The number of nitrogens with zero attached hydrogens (tertiary/aromatic N) is 1. The summed E-state index contributed by atoms with van der Waals surface area (Å²) in [6, 6.07) is 49.5. The standard InChI is InChI=1S/C36H23NOS/c1-2-12-25(13-3-1)37(30-18-10-20-32-36(30)28-15-4-6-19-31(28)38-32)26-14-8-11-24(23-26)27-17-9-22-34-35(27)29-16-5-7-21-33(29)39-34/h1-23H. The maximum Gasteiger partial charge on any atom is 0.137 e. The SMILES string of the molecule is c1ccc(N(c2cccc(-c3cccc4sc5ccccc5c34)c2)c2cccc3oc4ccccc4c23)cc1. The summed E-state index contributed by atoms with van der Waals surface area (Å²) in [6.45, 7) is 0. The Morgan fingerprint density at radius 2 is 1.18 bits per heavy atom. The number of anilines is 3. The molecule has 0 amide bonds. The Bertz CT molecular complexity index is 2140. The summed E-state index contributed by atoms with van der Waals surface area (Å²) < 4.78 is 8.90. The zero-order valence-electron chi connectivity index (χ0n) is 21.0. The van der Waals surface area contributed by atoms with E-state index in [0.717, 1.165) is 39.0 Å². The Balaban J connectivity index is 1.38. The monoisotopic (exact) mass is 517 g/mol. The van der Waals surface area contributed by atoms with E-state index in [1.165, 1.54) is 31.3 Å². The van der Waals surface area contributed by atoms with Crippen molar-refractivity contribution in [3.8, 4) is 11.1 Å². The van der Waals surface area contributed by atoms with Gasteiger partial charge in [0.25, 0.3) is 0 Å². The molecule has 184 valence electrons. The fourth-order valence-corrected chi connectivity index (χ4v) is 6.91. The minimum absolute atomic E-state index is 0.889. The van der Waals surface area contributed by atoms with Crippen molar-refractivity contribution in [2.45, 2.75) is 0 Å². The number of hydrogen-bond acceptors (Lipinski definition) is 3. The minimum Gasteiger partial charge on any atom is -0.456 e. The van der Waals surface area contributed by atoms with Crippen LogP contribution in [0.5, 0.6) is 0 Å². The van der Waals surface area contributed by atoms with Crippen LogP contribution in [0.3, 0.4) is 0 Å². The maximum atomic E-state index is 6.26. The second kappa shape index (κ2) is 8.87. The zero-order valence-corrected chi connectivity index (χ0v) is 21.9. The number of thiophene rings is 1. The summed E-state index contributed by atoms with van der Waals surface area (Å²) in [5, 5.41) is 4.88.